The molecule has 0 unspecified atom stereocenters. The Bertz CT molecular complexity index is 692. The highest BCUT2D eigenvalue weighted by Gasteiger charge is 2.08. The predicted octanol–water partition coefficient (Wildman–Crippen LogP) is 3.33. The maximum Gasteiger partial charge on any atom is 0.191 e. The largest absolute Gasteiger partial charge is 0.493 e. The fourth-order valence-electron chi connectivity index (χ4n) is 2.51. The molecule has 134 valence electrons. The number of hydrogen-bond donors (Lipinski definition) is 2. The van der Waals surface area contributed by atoms with E-state index in [1.54, 1.807) is 7.11 Å². The van der Waals surface area contributed by atoms with Gasteiger partial charge >= 0.3 is 0 Å². The average Bonchev–Trinajstić information content (AvgIpc) is 2.66. The van der Waals surface area contributed by atoms with E-state index in [9.17, 15) is 0 Å². The Hall–Kier alpha value is -1.96. The van der Waals surface area contributed by atoms with Crippen LogP contribution in [0.3, 0.4) is 0 Å². The first-order valence-corrected chi connectivity index (χ1v) is 8.21. The fraction of sp³-hybridized carbons (Fsp3) is 0.316. The lowest BCUT2D eigenvalue weighted by molar-refractivity contribution is 0.284. The van der Waals surface area contributed by atoms with Crippen LogP contribution in [0.25, 0.3) is 0 Å². The molecule has 2 aromatic carbocycles. The Labute approximate surface area is 165 Å². The predicted molar refractivity (Wildman–Crippen MR) is 111 cm³/mol. The van der Waals surface area contributed by atoms with Gasteiger partial charge in [-0.1, -0.05) is 36.4 Å². The van der Waals surface area contributed by atoms with E-state index in [1.165, 1.54) is 0 Å². The zero-order valence-electron chi connectivity index (χ0n) is 14.3. The third-order valence-corrected chi connectivity index (χ3v) is 3.82. The Morgan fingerprint density at radius 1 is 1.08 bits per heavy atom. The summed E-state index contributed by atoms with van der Waals surface area (Å²) in [7, 11) is 1.66. The van der Waals surface area contributed by atoms with Gasteiger partial charge in [-0.3, -0.25) is 4.99 Å². The van der Waals surface area contributed by atoms with Crippen molar-refractivity contribution in [3.63, 3.8) is 0 Å². The lowest BCUT2D eigenvalue weighted by Crippen LogP contribution is -2.40. The summed E-state index contributed by atoms with van der Waals surface area (Å²) in [4.78, 5) is 4.41. The minimum atomic E-state index is 0. The Balaban J connectivity index is 0.00000225. The average molecular weight is 453 g/mol. The lowest BCUT2D eigenvalue weighted by atomic mass is 10.2. The number of rotatable bonds is 6. The highest BCUT2D eigenvalue weighted by Crippen LogP contribution is 2.28. The van der Waals surface area contributed by atoms with Crippen molar-refractivity contribution in [3.8, 4) is 11.5 Å². The highest BCUT2D eigenvalue weighted by molar-refractivity contribution is 14.0. The molecule has 25 heavy (non-hydrogen) atoms. The van der Waals surface area contributed by atoms with Gasteiger partial charge in [0.2, 0.25) is 0 Å². The summed E-state index contributed by atoms with van der Waals surface area (Å²) in [6, 6.07) is 16.1. The lowest BCUT2D eigenvalue weighted by Gasteiger charge is -2.17. The van der Waals surface area contributed by atoms with Crippen LogP contribution in [0.2, 0.25) is 0 Å². The van der Waals surface area contributed by atoms with Crippen LogP contribution in [0.15, 0.2) is 53.5 Å². The van der Waals surface area contributed by atoms with Crippen molar-refractivity contribution in [1.82, 2.24) is 10.6 Å². The molecular formula is C19H24IN3O2. The van der Waals surface area contributed by atoms with Crippen molar-refractivity contribution in [2.24, 2.45) is 4.99 Å². The Kier molecular flexibility index (Phi) is 7.84. The molecule has 0 aromatic heterocycles. The van der Waals surface area contributed by atoms with Crippen LogP contribution < -0.4 is 20.1 Å². The molecule has 1 aliphatic rings. The molecule has 6 heteroatoms. The number of nitrogens with one attached hydrogen (secondary N) is 2. The van der Waals surface area contributed by atoms with E-state index in [-0.39, 0.29) is 24.0 Å². The third kappa shape index (κ3) is 5.81. The number of hydrogen-bond acceptors (Lipinski definition) is 5. The van der Waals surface area contributed by atoms with Gasteiger partial charge in [0.1, 0.15) is 6.61 Å². The van der Waals surface area contributed by atoms with Gasteiger partial charge in [-0.25, -0.2) is 0 Å². The summed E-state index contributed by atoms with van der Waals surface area (Å²) in [6.45, 7) is 3.07. The second-order valence-corrected chi connectivity index (χ2v) is 5.62. The number of aliphatic imine (C=N–C) groups is 1. The Morgan fingerprint density at radius 3 is 2.64 bits per heavy atom. The molecule has 0 aliphatic carbocycles. The smallest absolute Gasteiger partial charge is 0.191 e. The first kappa shape index (κ1) is 19.4. The van der Waals surface area contributed by atoms with E-state index in [0.29, 0.717) is 13.2 Å². The van der Waals surface area contributed by atoms with E-state index in [0.717, 1.165) is 48.1 Å². The maximum absolute atomic E-state index is 5.88. The summed E-state index contributed by atoms with van der Waals surface area (Å²) in [5.41, 5.74) is 2.25. The molecule has 2 aromatic rings. The third-order valence-electron chi connectivity index (χ3n) is 3.82. The molecule has 0 atom stereocenters. The first-order chi connectivity index (χ1) is 11.8. The molecule has 0 radical (unpaired) electrons. The van der Waals surface area contributed by atoms with Crippen LogP contribution in [0.4, 0.5) is 0 Å². The molecule has 0 amide bonds. The van der Waals surface area contributed by atoms with Crippen molar-refractivity contribution < 1.29 is 9.47 Å². The van der Waals surface area contributed by atoms with Crippen LogP contribution in [0.5, 0.6) is 11.5 Å². The molecule has 0 bridgehead atoms. The number of guanidine groups is 1. The van der Waals surface area contributed by atoms with E-state index in [1.807, 2.05) is 48.5 Å². The Morgan fingerprint density at radius 2 is 1.92 bits per heavy atom. The number of benzene rings is 2. The van der Waals surface area contributed by atoms with Gasteiger partial charge in [0.25, 0.3) is 0 Å². The minimum absolute atomic E-state index is 0. The van der Waals surface area contributed by atoms with E-state index >= 15 is 0 Å². The maximum atomic E-state index is 5.88. The van der Waals surface area contributed by atoms with Gasteiger partial charge in [-0.2, -0.15) is 0 Å². The van der Waals surface area contributed by atoms with Gasteiger partial charge in [0.15, 0.2) is 17.5 Å². The highest BCUT2D eigenvalue weighted by atomic mass is 127. The molecule has 5 nitrogen and oxygen atoms in total. The fourth-order valence-corrected chi connectivity index (χ4v) is 2.51. The van der Waals surface area contributed by atoms with Gasteiger partial charge < -0.3 is 20.1 Å². The van der Waals surface area contributed by atoms with Crippen molar-refractivity contribution in [1.29, 1.82) is 0 Å². The summed E-state index contributed by atoms with van der Waals surface area (Å²) >= 11 is 0. The quantitative estimate of drug-likeness (QED) is 0.660. The number of ether oxygens (including phenoxy) is 2. The first-order valence-electron chi connectivity index (χ1n) is 8.21. The van der Waals surface area contributed by atoms with Crippen LogP contribution in [-0.4, -0.2) is 26.2 Å². The summed E-state index contributed by atoms with van der Waals surface area (Å²) in [6.07, 6.45) is 1.09. The SMILES string of the molecule is COc1cc(CNC2=NCCCN2)ccc1OCc1ccccc1.I. The van der Waals surface area contributed by atoms with E-state index in [2.05, 4.69) is 15.6 Å². The van der Waals surface area contributed by atoms with Crippen molar-refractivity contribution in [3.05, 3.63) is 59.7 Å². The second kappa shape index (κ2) is 10.1. The van der Waals surface area contributed by atoms with Crippen molar-refractivity contribution in [2.45, 2.75) is 19.6 Å². The standard InChI is InChI=1S/C19H23N3O2.HI/c1-23-18-12-16(13-22-19-20-10-5-11-21-19)8-9-17(18)24-14-15-6-3-2-4-7-15;/h2-4,6-9,12H,5,10-11,13-14H2,1H3,(H2,20,21,22);1H. The van der Waals surface area contributed by atoms with Gasteiger partial charge in [0, 0.05) is 19.6 Å². The molecule has 0 saturated carbocycles. The van der Waals surface area contributed by atoms with Gasteiger partial charge in [-0.15, -0.1) is 24.0 Å². The molecule has 1 heterocycles. The van der Waals surface area contributed by atoms with E-state index in [4.69, 9.17) is 9.47 Å². The molecular weight excluding hydrogens is 429 g/mol. The van der Waals surface area contributed by atoms with Crippen LogP contribution in [0.1, 0.15) is 17.5 Å². The number of nitrogens with zero attached hydrogens (tertiary/aromatic N) is 1. The summed E-state index contributed by atoms with van der Waals surface area (Å²) in [5, 5.41) is 6.56. The molecule has 1 aliphatic heterocycles. The molecule has 3 rings (SSSR count). The van der Waals surface area contributed by atoms with Gasteiger partial charge in [-0.05, 0) is 29.7 Å². The van der Waals surface area contributed by atoms with E-state index < -0.39 is 0 Å². The molecule has 2 N–H and O–H groups in total. The van der Waals surface area contributed by atoms with Crippen LogP contribution in [-0.2, 0) is 13.2 Å². The van der Waals surface area contributed by atoms with Crippen LogP contribution in [0, 0.1) is 0 Å². The number of methoxy groups -OCH3 is 1. The van der Waals surface area contributed by atoms with Gasteiger partial charge in [0.05, 0.1) is 7.11 Å². The minimum Gasteiger partial charge on any atom is -0.493 e. The number of halogens is 1. The second-order valence-electron chi connectivity index (χ2n) is 5.62. The molecule has 0 spiro atoms. The zero-order valence-corrected chi connectivity index (χ0v) is 16.7. The van der Waals surface area contributed by atoms with Crippen molar-refractivity contribution in [2.75, 3.05) is 20.2 Å². The van der Waals surface area contributed by atoms with Crippen LogP contribution >= 0.6 is 24.0 Å². The summed E-state index contributed by atoms with van der Waals surface area (Å²) < 4.78 is 11.3. The molecule has 0 fully saturated rings. The monoisotopic (exact) mass is 453 g/mol. The topological polar surface area (TPSA) is 54.9 Å². The zero-order chi connectivity index (χ0) is 16.6. The normalized spacial score (nSPS) is 13.1. The molecule has 0 saturated heterocycles. The van der Waals surface area contributed by atoms with Crippen molar-refractivity contribution >= 4 is 29.9 Å². The summed E-state index contributed by atoms with van der Waals surface area (Å²) in [5.74, 6) is 2.35.